The van der Waals surface area contributed by atoms with Gasteiger partial charge in [0.1, 0.15) is 15.5 Å². The van der Waals surface area contributed by atoms with Crippen molar-refractivity contribution in [1.29, 1.82) is 0 Å². The van der Waals surface area contributed by atoms with Gasteiger partial charge >= 0.3 is 0 Å². The number of H-pyrrole nitrogens is 1. The number of benzene rings is 2. The Morgan fingerprint density at radius 1 is 1.00 bits per heavy atom. The third-order valence-electron chi connectivity index (χ3n) is 9.47. The van der Waals surface area contributed by atoms with Crippen molar-refractivity contribution in [2.24, 2.45) is 5.92 Å². The van der Waals surface area contributed by atoms with Gasteiger partial charge in [-0.2, -0.15) is 0 Å². The number of aryl methyl sites for hydroxylation is 1. The van der Waals surface area contributed by atoms with Crippen LogP contribution in [0.5, 0.6) is 0 Å². The summed E-state index contributed by atoms with van der Waals surface area (Å²) in [6.07, 6.45) is 4.40. The van der Waals surface area contributed by atoms with Crippen LogP contribution in [-0.2, 0) is 11.3 Å². The van der Waals surface area contributed by atoms with E-state index >= 15 is 0 Å². The zero-order valence-electron chi connectivity index (χ0n) is 25.6. The first-order valence-corrected chi connectivity index (χ1v) is 16.5. The number of amides is 2. The molecular weight excluding hydrogens is 600 g/mol. The average Bonchev–Trinajstić information content (AvgIpc) is 3.73. The van der Waals surface area contributed by atoms with Crippen molar-refractivity contribution in [3.05, 3.63) is 106 Å². The lowest BCUT2D eigenvalue weighted by Gasteiger charge is -2.43. The van der Waals surface area contributed by atoms with E-state index in [0.29, 0.717) is 61.4 Å². The van der Waals surface area contributed by atoms with Crippen LogP contribution in [0.15, 0.2) is 84.0 Å². The van der Waals surface area contributed by atoms with Crippen LogP contribution in [0, 0.1) is 12.8 Å². The number of thiazole rings is 1. The molecule has 2 amide bonds. The lowest BCUT2D eigenvalue weighted by Crippen LogP contribution is -2.53. The van der Waals surface area contributed by atoms with Gasteiger partial charge in [0.2, 0.25) is 5.91 Å². The molecular formula is C35H36N6O4S. The summed E-state index contributed by atoms with van der Waals surface area (Å²) in [6.45, 7) is 3.71. The van der Waals surface area contributed by atoms with E-state index in [4.69, 9.17) is 4.98 Å². The molecule has 2 aromatic carbocycles. The highest BCUT2D eigenvalue weighted by molar-refractivity contribution is 7.17. The lowest BCUT2D eigenvalue weighted by atomic mass is 9.79. The predicted molar refractivity (Wildman–Crippen MR) is 177 cm³/mol. The SMILES string of the molecule is Cc1nc(-c2ccccc2)sc1C(=O)N1CC[C@@H](C(=O)N2CCC(O)(Cn3cnc4[nH]ccc4c3=O)CC2)[C@H](c2ccccc2)C1. The van der Waals surface area contributed by atoms with Crippen molar-refractivity contribution in [2.45, 2.75) is 44.2 Å². The summed E-state index contributed by atoms with van der Waals surface area (Å²) in [4.78, 5) is 57.2. The normalized spacial score (nSPS) is 19.8. The van der Waals surface area contributed by atoms with Crippen LogP contribution in [0.1, 0.15) is 46.1 Å². The smallest absolute Gasteiger partial charge is 0.265 e. The number of aliphatic hydroxyl groups is 1. The Labute approximate surface area is 270 Å². The Morgan fingerprint density at radius 2 is 1.72 bits per heavy atom. The van der Waals surface area contributed by atoms with Crippen molar-refractivity contribution in [2.75, 3.05) is 26.2 Å². The van der Waals surface area contributed by atoms with Crippen LogP contribution >= 0.6 is 11.3 Å². The van der Waals surface area contributed by atoms with Gasteiger partial charge in [0.25, 0.3) is 11.5 Å². The maximum Gasteiger partial charge on any atom is 0.265 e. The molecule has 10 nitrogen and oxygen atoms in total. The number of piperidine rings is 2. The number of aromatic nitrogens is 4. The lowest BCUT2D eigenvalue weighted by molar-refractivity contribution is -0.142. The zero-order valence-corrected chi connectivity index (χ0v) is 26.4. The molecule has 0 aliphatic carbocycles. The zero-order chi connectivity index (χ0) is 31.8. The second-order valence-electron chi connectivity index (χ2n) is 12.4. The highest BCUT2D eigenvalue weighted by Crippen LogP contribution is 2.37. The van der Waals surface area contributed by atoms with Gasteiger partial charge in [-0.05, 0) is 37.8 Å². The number of nitrogens with one attached hydrogen (secondary N) is 1. The molecule has 2 aliphatic heterocycles. The Hall–Kier alpha value is -4.61. The number of hydrogen-bond donors (Lipinski definition) is 2. The molecule has 46 heavy (non-hydrogen) atoms. The number of nitrogens with zero attached hydrogens (tertiary/aromatic N) is 5. The molecule has 236 valence electrons. The van der Waals surface area contributed by atoms with Gasteiger partial charge in [0, 0.05) is 49.8 Å². The highest BCUT2D eigenvalue weighted by Gasteiger charge is 2.42. The van der Waals surface area contributed by atoms with Crippen LogP contribution in [0.2, 0.25) is 0 Å². The summed E-state index contributed by atoms with van der Waals surface area (Å²) >= 11 is 1.42. The number of carbonyl (C=O) groups is 2. The number of aromatic amines is 1. The third kappa shape index (κ3) is 5.76. The van der Waals surface area contributed by atoms with E-state index in [1.165, 1.54) is 22.2 Å². The summed E-state index contributed by atoms with van der Waals surface area (Å²) in [7, 11) is 0. The minimum Gasteiger partial charge on any atom is -0.388 e. The molecule has 0 radical (unpaired) electrons. The maximum atomic E-state index is 14.1. The number of likely N-dealkylation sites (tertiary alicyclic amines) is 2. The van der Waals surface area contributed by atoms with Crippen molar-refractivity contribution >= 4 is 34.2 Å². The first-order valence-electron chi connectivity index (χ1n) is 15.7. The third-order valence-corrected chi connectivity index (χ3v) is 10.7. The van der Waals surface area contributed by atoms with Crippen molar-refractivity contribution in [3.63, 3.8) is 0 Å². The molecule has 2 saturated heterocycles. The molecule has 0 spiro atoms. The molecule has 5 heterocycles. The van der Waals surface area contributed by atoms with E-state index in [1.54, 1.807) is 12.3 Å². The van der Waals surface area contributed by atoms with Crippen LogP contribution in [0.25, 0.3) is 21.6 Å². The fraction of sp³-hybridized carbons (Fsp3) is 0.343. The Bertz CT molecular complexity index is 1930. The van der Waals surface area contributed by atoms with Crippen LogP contribution in [-0.4, -0.2) is 78.0 Å². The van der Waals surface area contributed by atoms with E-state index in [0.717, 1.165) is 21.8 Å². The molecule has 3 aromatic heterocycles. The molecule has 7 rings (SSSR count). The van der Waals surface area contributed by atoms with E-state index in [-0.39, 0.29) is 35.8 Å². The fourth-order valence-corrected chi connectivity index (χ4v) is 7.89. The van der Waals surface area contributed by atoms with Gasteiger partial charge < -0.3 is 19.9 Å². The summed E-state index contributed by atoms with van der Waals surface area (Å²) in [5, 5.41) is 12.7. The van der Waals surface area contributed by atoms with Crippen LogP contribution in [0.4, 0.5) is 0 Å². The fourth-order valence-electron chi connectivity index (χ4n) is 6.85. The molecule has 0 bridgehead atoms. The summed E-state index contributed by atoms with van der Waals surface area (Å²) in [5.74, 6) is -0.444. The largest absolute Gasteiger partial charge is 0.388 e. The van der Waals surface area contributed by atoms with E-state index in [1.807, 2.05) is 77.4 Å². The van der Waals surface area contributed by atoms with Crippen molar-refractivity contribution in [1.82, 2.24) is 29.3 Å². The van der Waals surface area contributed by atoms with Gasteiger partial charge in [0.05, 0.1) is 29.6 Å². The summed E-state index contributed by atoms with van der Waals surface area (Å²) in [5.41, 5.74) is 1.94. The maximum absolute atomic E-state index is 14.1. The summed E-state index contributed by atoms with van der Waals surface area (Å²) < 4.78 is 1.46. The molecule has 2 atom stereocenters. The van der Waals surface area contributed by atoms with E-state index in [2.05, 4.69) is 9.97 Å². The molecule has 0 unspecified atom stereocenters. The highest BCUT2D eigenvalue weighted by atomic mass is 32.1. The molecule has 2 N–H and O–H groups in total. The predicted octanol–water partition coefficient (Wildman–Crippen LogP) is 4.46. The van der Waals surface area contributed by atoms with Gasteiger partial charge in [0.15, 0.2) is 0 Å². The average molecular weight is 637 g/mol. The Balaban J connectivity index is 1.05. The molecule has 2 aliphatic rings. The van der Waals surface area contributed by atoms with Crippen molar-refractivity contribution < 1.29 is 14.7 Å². The number of rotatable bonds is 6. The number of carbonyl (C=O) groups excluding carboxylic acids is 2. The van der Waals surface area contributed by atoms with Gasteiger partial charge in [-0.15, -0.1) is 11.3 Å². The molecule has 2 fully saturated rings. The molecule has 5 aromatic rings. The van der Waals surface area contributed by atoms with Crippen LogP contribution in [0.3, 0.4) is 0 Å². The number of hydrogen-bond acceptors (Lipinski definition) is 7. The second-order valence-corrected chi connectivity index (χ2v) is 13.4. The van der Waals surface area contributed by atoms with Gasteiger partial charge in [-0.3, -0.25) is 19.0 Å². The van der Waals surface area contributed by atoms with Gasteiger partial charge in [-0.25, -0.2) is 9.97 Å². The Kier molecular flexibility index (Phi) is 8.04. The number of fused-ring (bicyclic) bond motifs is 1. The molecule has 11 heteroatoms. The van der Waals surface area contributed by atoms with Crippen molar-refractivity contribution in [3.8, 4) is 10.6 Å². The van der Waals surface area contributed by atoms with Gasteiger partial charge in [-0.1, -0.05) is 60.7 Å². The Morgan fingerprint density at radius 3 is 2.46 bits per heavy atom. The first-order chi connectivity index (χ1) is 22.3. The standard InChI is InChI=1S/C35H36N6O4S/c1-23-29(46-31(38-23)25-10-6-3-7-11-25)34(44)40-17-13-26(28(20-40)24-8-4-2-5-9-24)32(42)39-18-14-35(45,15-19-39)21-41-22-37-30-27(33(41)43)12-16-36-30/h2-12,16,22,26,28,36,45H,13-15,17-21H2,1H3/t26-,28+/m1/s1. The van der Waals surface area contributed by atoms with E-state index < -0.39 is 5.60 Å². The molecule has 0 saturated carbocycles. The van der Waals surface area contributed by atoms with Crippen LogP contribution < -0.4 is 5.56 Å². The second kappa shape index (κ2) is 12.3. The monoisotopic (exact) mass is 636 g/mol. The minimum absolute atomic E-state index is 0.0467. The van der Waals surface area contributed by atoms with E-state index in [9.17, 15) is 19.5 Å². The quantitative estimate of drug-likeness (QED) is 0.284. The summed E-state index contributed by atoms with van der Waals surface area (Å²) in [6, 6.07) is 21.5. The topological polar surface area (TPSA) is 124 Å². The first kappa shape index (κ1) is 30.1. The minimum atomic E-state index is -1.12.